The number of ether oxygens (including phenoxy) is 2. The normalized spacial score (nSPS) is 12.8. The van der Waals surface area contributed by atoms with E-state index >= 15 is 0 Å². The summed E-state index contributed by atoms with van der Waals surface area (Å²) in [6.07, 6.45) is -5.20. The topological polar surface area (TPSA) is 69.7 Å². The lowest BCUT2D eigenvalue weighted by molar-refractivity contribution is -0.199. The van der Waals surface area contributed by atoms with Crippen molar-refractivity contribution in [2.45, 2.75) is 18.5 Å². The van der Waals surface area contributed by atoms with Crippen LogP contribution in [0.5, 0.6) is 0 Å². The van der Waals surface area contributed by atoms with Crippen LogP contribution < -0.4 is 0 Å². The van der Waals surface area contributed by atoms with Crippen LogP contribution in [0.25, 0.3) is 0 Å². The van der Waals surface area contributed by atoms with Gasteiger partial charge in [0, 0.05) is 0 Å². The summed E-state index contributed by atoms with van der Waals surface area (Å²) in [6, 6.07) is 0. The molecule has 0 aliphatic heterocycles. The third-order valence-electron chi connectivity index (χ3n) is 1.35. The fourth-order valence-electron chi connectivity index (χ4n) is 0.639. The highest BCUT2D eigenvalue weighted by atomic mass is 35.5. The van der Waals surface area contributed by atoms with Crippen molar-refractivity contribution in [2.75, 3.05) is 13.2 Å². The summed E-state index contributed by atoms with van der Waals surface area (Å²) >= 11 is 5.26. The van der Waals surface area contributed by atoms with E-state index in [0.29, 0.717) is 0 Å². The fourth-order valence-corrected chi connectivity index (χ4v) is 0.765. The van der Waals surface area contributed by atoms with Crippen LogP contribution in [-0.4, -0.2) is 42.5 Å². The second-order valence-electron chi connectivity index (χ2n) is 2.65. The van der Waals surface area contributed by atoms with Gasteiger partial charge in [-0.2, -0.15) is 13.2 Å². The number of rotatable bonds is 5. The van der Waals surface area contributed by atoms with Gasteiger partial charge >= 0.3 is 18.1 Å². The number of Topliss-reactive ketones (excluding diaryl/α,β-unsaturated/α-hetero) is 1. The summed E-state index contributed by atoms with van der Waals surface area (Å²) in [5.41, 5.74) is 0. The zero-order valence-electron chi connectivity index (χ0n) is 8.54. The average molecular weight is 277 g/mol. The maximum Gasteiger partial charge on any atom is 0.490 e. The second kappa shape index (κ2) is 6.43. The van der Waals surface area contributed by atoms with Gasteiger partial charge in [0.2, 0.25) is 0 Å². The Kier molecular flexibility index (Phi) is 5.94. The van der Waals surface area contributed by atoms with E-state index in [2.05, 4.69) is 9.47 Å². The van der Waals surface area contributed by atoms with Crippen molar-refractivity contribution >= 4 is 29.3 Å². The van der Waals surface area contributed by atoms with Gasteiger partial charge in [-0.05, 0) is 6.92 Å². The van der Waals surface area contributed by atoms with E-state index in [9.17, 15) is 27.6 Å². The van der Waals surface area contributed by atoms with Gasteiger partial charge in [-0.15, -0.1) is 11.6 Å². The second-order valence-corrected chi connectivity index (χ2v) is 3.09. The Hall–Kier alpha value is -1.31. The first-order valence-electron chi connectivity index (χ1n) is 4.27. The molecule has 1 atom stereocenters. The largest absolute Gasteiger partial charge is 0.490 e. The zero-order valence-corrected chi connectivity index (χ0v) is 9.30. The first-order valence-corrected chi connectivity index (χ1v) is 4.71. The molecule has 0 rings (SSSR count). The number of carbonyl (C=O) groups is 3. The highest BCUT2D eigenvalue weighted by Gasteiger charge is 2.41. The molecule has 98 valence electrons. The Labute approximate surface area is 98.8 Å². The molecule has 5 nitrogen and oxygen atoms in total. The van der Waals surface area contributed by atoms with Crippen LogP contribution >= 0.6 is 11.6 Å². The molecule has 0 aromatic rings. The van der Waals surface area contributed by atoms with Gasteiger partial charge in [0.1, 0.15) is 0 Å². The molecular weight excluding hydrogens is 269 g/mol. The van der Waals surface area contributed by atoms with Crippen molar-refractivity contribution in [3.05, 3.63) is 0 Å². The molecule has 0 aromatic heterocycles. The monoisotopic (exact) mass is 276 g/mol. The predicted molar refractivity (Wildman–Crippen MR) is 48.3 cm³/mol. The average Bonchev–Trinajstić information content (AvgIpc) is 2.23. The lowest BCUT2D eigenvalue weighted by Gasteiger charge is -2.09. The van der Waals surface area contributed by atoms with Crippen LogP contribution in [0, 0.1) is 0 Å². The summed E-state index contributed by atoms with van der Waals surface area (Å²) < 4.78 is 43.0. The van der Waals surface area contributed by atoms with Gasteiger partial charge in [-0.3, -0.25) is 4.79 Å². The molecule has 0 bridgehead atoms. The van der Waals surface area contributed by atoms with Crippen molar-refractivity contribution in [1.29, 1.82) is 0 Å². The van der Waals surface area contributed by atoms with Crippen LogP contribution in [0.2, 0.25) is 0 Å². The molecule has 17 heavy (non-hydrogen) atoms. The highest BCUT2D eigenvalue weighted by Crippen LogP contribution is 2.16. The van der Waals surface area contributed by atoms with E-state index in [1.165, 1.54) is 6.92 Å². The van der Waals surface area contributed by atoms with Gasteiger partial charge in [-0.1, -0.05) is 0 Å². The van der Waals surface area contributed by atoms with Gasteiger partial charge in [-0.25, -0.2) is 9.59 Å². The van der Waals surface area contributed by atoms with E-state index in [1.807, 2.05) is 0 Å². The zero-order chi connectivity index (χ0) is 13.6. The SMILES string of the molecule is CCOC(=O)C(Cl)C(=O)COC(=O)C(F)(F)F. The molecule has 0 radical (unpaired) electrons. The van der Waals surface area contributed by atoms with Crippen LogP contribution in [-0.2, 0) is 23.9 Å². The van der Waals surface area contributed by atoms with Crippen molar-refractivity contribution in [3.8, 4) is 0 Å². The van der Waals surface area contributed by atoms with Crippen LogP contribution in [0.3, 0.4) is 0 Å². The number of ketones is 1. The minimum absolute atomic E-state index is 0.0440. The molecule has 0 N–H and O–H groups in total. The third kappa shape index (κ3) is 5.53. The number of halogens is 4. The van der Waals surface area contributed by atoms with E-state index in [1.54, 1.807) is 0 Å². The molecule has 0 fully saturated rings. The molecule has 9 heteroatoms. The Balaban J connectivity index is 4.19. The quantitative estimate of drug-likeness (QED) is 0.423. The molecule has 0 saturated carbocycles. The maximum atomic E-state index is 11.7. The Morgan fingerprint density at radius 1 is 1.24 bits per heavy atom. The Morgan fingerprint density at radius 3 is 2.18 bits per heavy atom. The molecule has 0 saturated heterocycles. The van der Waals surface area contributed by atoms with Crippen molar-refractivity contribution in [3.63, 3.8) is 0 Å². The molecular formula is C8H8ClF3O5. The molecule has 0 aliphatic rings. The van der Waals surface area contributed by atoms with Crippen molar-refractivity contribution in [2.24, 2.45) is 0 Å². The van der Waals surface area contributed by atoms with Gasteiger partial charge in [0.25, 0.3) is 0 Å². The molecule has 0 spiro atoms. The Bertz CT molecular complexity index is 315. The first kappa shape index (κ1) is 15.7. The predicted octanol–water partition coefficient (Wildman–Crippen LogP) is 0.831. The number of hydrogen-bond donors (Lipinski definition) is 0. The summed E-state index contributed by atoms with van der Waals surface area (Å²) in [5.74, 6) is -4.83. The summed E-state index contributed by atoms with van der Waals surface area (Å²) in [6.45, 7) is 0.165. The molecule has 0 aliphatic carbocycles. The van der Waals surface area contributed by atoms with Gasteiger partial charge in [0.05, 0.1) is 6.61 Å². The fraction of sp³-hybridized carbons (Fsp3) is 0.625. The molecule has 1 unspecified atom stereocenters. The number of alkyl halides is 4. The van der Waals surface area contributed by atoms with Crippen LogP contribution in [0.15, 0.2) is 0 Å². The number of carbonyl (C=O) groups excluding carboxylic acids is 3. The highest BCUT2D eigenvalue weighted by molar-refractivity contribution is 6.41. The first-order chi connectivity index (χ1) is 7.70. The molecule has 0 aromatic carbocycles. The van der Waals surface area contributed by atoms with Crippen molar-refractivity contribution < 1.29 is 37.0 Å². The van der Waals surface area contributed by atoms with Gasteiger partial charge in [0.15, 0.2) is 17.8 Å². The lowest BCUT2D eigenvalue weighted by Crippen LogP contribution is -2.33. The van der Waals surface area contributed by atoms with Crippen LogP contribution in [0.1, 0.15) is 6.92 Å². The minimum atomic E-state index is -5.20. The minimum Gasteiger partial charge on any atom is -0.465 e. The van der Waals surface area contributed by atoms with E-state index in [0.717, 1.165) is 0 Å². The number of esters is 2. The standard InChI is InChI=1S/C8H8ClF3O5/c1-2-16-6(14)5(9)4(13)3-17-7(15)8(10,11)12/h5H,2-3H2,1H3. The van der Waals surface area contributed by atoms with E-state index in [4.69, 9.17) is 11.6 Å². The van der Waals surface area contributed by atoms with Crippen molar-refractivity contribution in [1.82, 2.24) is 0 Å². The maximum absolute atomic E-state index is 11.7. The van der Waals surface area contributed by atoms with E-state index in [-0.39, 0.29) is 6.61 Å². The summed E-state index contributed by atoms with van der Waals surface area (Å²) in [5, 5.41) is -1.80. The van der Waals surface area contributed by atoms with Crippen LogP contribution in [0.4, 0.5) is 13.2 Å². The third-order valence-corrected chi connectivity index (χ3v) is 1.77. The molecule has 0 amide bonds. The van der Waals surface area contributed by atoms with E-state index < -0.39 is 35.9 Å². The smallest absolute Gasteiger partial charge is 0.465 e. The summed E-state index contributed by atoms with van der Waals surface area (Å²) in [4.78, 5) is 32.1. The summed E-state index contributed by atoms with van der Waals surface area (Å²) in [7, 11) is 0. The Morgan fingerprint density at radius 2 is 1.76 bits per heavy atom. The van der Waals surface area contributed by atoms with Gasteiger partial charge < -0.3 is 9.47 Å². The molecule has 0 heterocycles. The lowest BCUT2D eigenvalue weighted by atomic mass is 10.3. The number of hydrogen-bond acceptors (Lipinski definition) is 5.